The predicted molar refractivity (Wildman–Crippen MR) is 34.6 cm³/mol. The average Bonchev–Trinajstić information content (AvgIpc) is 1.31. The van der Waals surface area contributed by atoms with Gasteiger partial charge in [-0.2, -0.15) is 0 Å². The maximum absolute atomic E-state index is 5.68. The monoisotopic (exact) mass is 96.1 g/mol. The van der Waals surface area contributed by atoms with E-state index in [1.165, 1.54) is 0 Å². The van der Waals surface area contributed by atoms with Gasteiger partial charge in [-0.25, -0.2) is 0 Å². The minimum absolute atomic E-state index is 0.000000000000000222. The highest BCUT2D eigenvalue weighted by atomic mass is 14.1. The third-order valence-corrected chi connectivity index (χ3v) is 1.49. The summed E-state index contributed by atoms with van der Waals surface area (Å²) < 4.78 is 0. The van der Waals surface area contributed by atoms with Gasteiger partial charge in [0.25, 0.3) is 0 Å². The molecule has 40 valence electrons. The van der Waals surface area contributed by atoms with E-state index in [2.05, 4.69) is 13.8 Å². The SMILES string of the molecule is [B]C(C)(C)C(C)C. The van der Waals surface area contributed by atoms with Gasteiger partial charge in [-0.05, 0) is 5.92 Å². The molecule has 0 aromatic rings. The van der Waals surface area contributed by atoms with E-state index in [-0.39, 0.29) is 5.31 Å². The molecule has 0 heterocycles. The molecule has 0 saturated carbocycles. The van der Waals surface area contributed by atoms with E-state index in [1.807, 2.05) is 13.8 Å². The number of hydrogen-bond acceptors (Lipinski definition) is 0. The highest BCUT2D eigenvalue weighted by Gasteiger charge is 2.13. The normalized spacial score (nSPS) is 12.7. The van der Waals surface area contributed by atoms with E-state index in [0.717, 1.165) is 0 Å². The molecule has 0 aromatic heterocycles. The van der Waals surface area contributed by atoms with Crippen molar-refractivity contribution in [3.05, 3.63) is 0 Å². The first-order valence-corrected chi connectivity index (χ1v) is 2.73. The van der Waals surface area contributed by atoms with Crippen molar-refractivity contribution in [2.45, 2.75) is 33.0 Å². The Hall–Kier alpha value is 0.0649. The standard InChI is InChI=1S/C6H13B/c1-5(2)6(3,4)7/h5H,1-4H3. The number of hydrogen-bond donors (Lipinski definition) is 0. The van der Waals surface area contributed by atoms with Crippen LogP contribution in [0.4, 0.5) is 0 Å². The van der Waals surface area contributed by atoms with E-state index in [9.17, 15) is 0 Å². The van der Waals surface area contributed by atoms with Crippen molar-refractivity contribution in [3.63, 3.8) is 0 Å². The molecule has 1 heteroatoms. The van der Waals surface area contributed by atoms with Gasteiger partial charge in [0.05, 0.1) is 7.85 Å². The number of rotatable bonds is 1. The summed E-state index contributed by atoms with van der Waals surface area (Å²) in [4.78, 5) is 0. The molecule has 0 aromatic carbocycles. The highest BCUT2D eigenvalue weighted by molar-refractivity contribution is 6.14. The van der Waals surface area contributed by atoms with E-state index in [1.54, 1.807) is 0 Å². The molecule has 7 heavy (non-hydrogen) atoms. The van der Waals surface area contributed by atoms with Gasteiger partial charge in [0.2, 0.25) is 0 Å². The third kappa shape index (κ3) is 2.72. The van der Waals surface area contributed by atoms with Crippen molar-refractivity contribution >= 4 is 7.85 Å². The van der Waals surface area contributed by atoms with Crippen LogP contribution >= 0.6 is 0 Å². The Bertz CT molecular complexity index is 49.7. The second-order valence-corrected chi connectivity index (χ2v) is 2.98. The van der Waals surface area contributed by atoms with Crippen molar-refractivity contribution < 1.29 is 0 Å². The molecule has 0 N–H and O–H groups in total. The molecule has 0 bridgehead atoms. The van der Waals surface area contributed by atoms with Crippen molar-refractivity contribution in [2.24, 2.45) is 5.92 Å². The zero-order valence-electron chi connectivity index (χ0n) is 5.65. The summed E-state index contributed by atoms with van der Waals surface area (Å²) in [5, 5.41) is 0.000000000000000222. The van der Waals surface area contributed by atoms with Gasteiger partial charge < -0.3 is 0 Å². The minimum atomic E-state index is 0.000000000000000222. The van der Waals surface area contributed by atoms with E-state index < -0.39 is 0 Å². The van der Waals surface area contributed by atoms with Crippen LogP contribution < -0.4 is 0 Å². The molecule has 0 aliphatic heterocycles. The predicted octanol–water partition coefficient (Wildman–Crippen LogP) is 2.01. The smallest absolute Gasteiger partial charge is 0.0694 e. The summed E-state index contributed by atoms with van der Waals surface area (Å²) in [5.74, 6) is 0.576. The second kappa shape index (κ2) is 1.89. The molecule has 0 rings (SSSR count). The van der Waals surface area contributed by atoms with Gasteiger partial charge in [0, 0.05) is 0 Å². The summed E-state index contributed by atoms with van der Waals surface area (Å²) >= 11 is 0. The van der Waals surface area contributed by atoms with Gasteiger partial charge in [-0.1, -0.05) is 33.0 Å². The van der Waals surface area contributed by atoms with Crippen LogP contribution in [0.1, 0.15) is 27.7 Å². The highest BCUT2D eigenvalue weighted by Crippen LogP contribution is 2.28. The molecule has 0 unspecified atom stereocenters. The molecule has 0 aliphatic rings. The zero-order valence-corrected chi connectivity index (χ0v) is 5.65. The van der Waals surface area contributed by atoms with Gasteiger partial charge in [0.1, 0.15) is 0 Å². The van der Waals surface area contributed by atoms with Crippen LogP contribution in [0, 0.1) is 5.92 Å². The molecule has 0 saturated heterocycles. The third-order valence-electron chi connectivity index (χ3n) is 1.49. The first-order chi connectivity index (χ1) is 2.94. The molecule has 0 fully saturated rings. The Morgan fingerprint density at radius 3 is 1.43 bits per heavy atom. The summed E-state index contributed by atoms with van der Waals surface area (Å²) in [6.07, 6.45) is 0. The van der Waals surface area contributed by atoms with Gasteiger partial charge in [-0.15, -0.1) is 0 Å². The van der Waals surface area contributed by atoms with E-state index >= 15 is 0 Å². The average molecular weight is 96.0 g/mol. The van der Waals surface area contributed by atoms with Crippen LogP contribution in [0.2, 0.25) is 5.31 Å². The van der Waals surface area contributed by atoms with Crippen molar-refractivity contribution in [1.82, 2.24) is 0 Å². The Kier molecular flexibility index (Phi) is 1.91. The molecule has 0 aliphatic carbocycles. The molecule has 0 amide bonds. The van der Waals surface area contributed by atoms with Crippen molar-refractivity contribution in [2.75, 3.05) is 0 Å². The largest absolute Gasteiger partial charge is 0.0742 e. The first-order valence-electron chi connectivity index (χ1n) is 2.73. The maximum atomic E-state index is 5.68. The lowest BCUT2D eigenvalue weighted by atomic mass is 9.65. The Morgan fingerprint density at radius 1 is 1.29 bits per heavy atom. The van der Waals surface area contributed by atoms with Crippen molar-refractivity contribution in [3.8, 4) is 0 Å². The Balaban J connectivity index is 3.54. The van der Waals surface area contributed by atoms with Gasteiger partial charge >= 0.3 is 0 Å². The molecule has 0 spiro atoms. The van der Waals surface area contributed by atoms with Gasteiger partial charge in [0.15, 0.2) is 0 Å². The van der Waals surface area contributed by atoms with E-state index in [4.69, 9.17) is 7.85 Å². The topological polar surface area (TPSA) is 0 Å². The van der Waals surface area contributed by atoms with Crippen LogP contribution in [0.5, 0.6) is 0 Å². The summed E-state index contributed by atoms with van der Waals surface area (Å²) in [6, 6.07) is 0. The summed E-state index contributed by atoms with van der Waals surface area (Å²) in [6.45, 7) is 8.33. The summed E-state index contributed by atoms with van der Waals surface area (Å²) in [7, 11) is 5.68. The fourth-order valence-corrected chi connectivity index (χ4v) is 0. The lowest BCUT2D eigenvalue weighted by Gasteiger charge is -2.23. The quantitative estimate of drug-likeness (QED) is 0.438. The van der Waals surface area contributed by atoms with Crippen LogP contribution in [-0.2, 0) is 0 Å². The molecular weight excluding hydrogens is 82.9 g/mol. The molecular formula is C6H13B. The van der Waals surface area contributed by atoms with Crippen LogP contribution in [0.15, 0.2) is 0 Å². The van der Waals surface area contributed by atoms with Crippen LogP contribution in [0.25, 0.3) is 0 Å². The van der Waals surface area contributed by atoms with Crippen LogP contribution in [-0.4, -0.2) is 7.85 Å². The lowest BCUT2D eigenvalue weighted by molar-refractivity contribution is 0.480. The summed E-state index contributed by atoms with van der Waals surface area (Å²) in [5.41, 5.74) is 0. The Morgan fingerprint density at radius 2 is 1.43 bits per heavy atom. The molecule has 0 atom stereocenters. The minimum Gasteiger partial charge on any atom is -0.0694 e. The van der Waals surface area contributed by atoms with Crippen molar-refractivity contribution in [1.29, 1.82) is 0 Å². The molecule has 0 nitrogen and oxygen atoms in total. The lowest BCUT2D eigenvalue weighted by Crippen LogP contribution is -2.09. The fraction of sp³-hybridized carbons (Fsp3) is 1.00. The Labute approximate surface area is 47.7 Å². The zero-order chi connectivity index (χ0) is 6.08. The van der Waals surface area contributed by atoms with Crippen LogP contribution in [0.3, 0.4) is 0 Å². The van der Waals surface area contributed by atoms with Gasteiger partial charge in [-0.3, -0.25) is 0 Å². The molecule has 2 radical (unpaired) electrons. The van der Waals surface area contributed by atoms with E-state index in [0.29, 0.717) is 5.92 Å². The first kappa shape index (κ1) is 7.06. The second-order valence-electron chi connectivity index (χ2n) is 2.98. The maximum Gasteiger partial charge on any atom is 0.0742 e. The fourth-order valence-electron chi connectivity index (χ4n) is 0.